The standard InChI is InChI=1S/C16H21FN2O.C9H6F6O/c1-16(18)9-14(19-15(16)20)13-4-2-3-12(13)10-5-7-11(17)8-6-10;10-8(11,12)6-1-5(4-16)2-7(3-6)9(13,14)15/h5-8,12-14H,2-4,9,18H2,1H3,(H,19,20);1-3,16H,4H2/t12?,13?,14-,16+;/m1./s1. The average molecular weight is 520 g/mol. The molecule has 2 unspecified atom stereocenters. The molecule has 1 heterocycles. The molecule has 0 bridgehead atoms. The second-order valence-corrected chi connectivity index (χ2v) is 9.53. The molecule has 198 valence electrons. The molecule has 2 fully saturated rings. The van der Waals surface area contributed by atoms with Crippen molar-refractivity contribution < 1.29 is 40.6 Å². The van der Waals surface area contributed by atoms with E-state index in [1.54, 1.807) is 6.92 Å². The van der Waals surface area contributed by atoms with E-state index in [0.717, 1.165) is 19.3 Å². The third-order valence-corrected chi connectivity index (χ3v) is 6.69. The summed E-state index contributed by atoms with van der Waals surface area (Å²) < 4.78 is 86.4. The first-order chi connectivity index (χ1) is 16.6. The van der Waals surface area contributed by atoms with Gasteiger partial charge in [-0.1, -0.05) is 18.6 Å². The predicted octanol–water partition coefficient (Wildman–Crippen LogP) is 5.53. The molecule has 1 amide bonds. The molecule has 4 atom stereocenters. The molecule has 4 rings (SSSR count). The number of benzene rings is 2. The van der Waals surface area contributed by atoms with Crippen LogP contribution in [0.15, 0.2) is 42.5 Å². The van der Waals surface area contributed by atoms with Gasteiger partial charge in [-0.15, -0.1) is 0 Å². The zero-order valence-electron chi connectivity index (χ0n) is 19.4. The van der Waals surface area contributed by atoms with Crippen LogP contribution in [-0.4, -0.2) is 22.6 Å². The van der Waals surface area contributed by atoms with Gasteiger partial charge < -0.3 is 16.2 Å². The van der Waals surface area contributed by atoms with E-state index in [0.29, 0.717) is 30.4 Å². The summed E-state index contributed by atoms with van der Waals surface area (Å²) in [6.07, 6.45) is -5.70. The highest BCUT2D eigenvalue weighted by Gasteiger charge is 2.46. The van der Waals surface area contributed by atoms with Crippen molar-refractivity contribution in [1.82, 2.24) is 5.32 Å². The molecule has 4 N–H and O–H groups in total. The van der Waals surface area contributed by atoms with Gasteiger partial charge in [0, 0.05) is 6.04 Å². The number of carbonyl (C=O) groups excluding carboxylic acids is 1. The van der Waals surface area contributed by atoms with E-state index in [4.69, 9.17) is 10.8 Å². The van der Waals surface area contributed by atoms with Gasteiger partial charge in [0.2, 0.25) is 5.91 Å². The molecule has 0 spiro atoms. The number of hydrogen-bond donors (Lipinski definition) is 3. The topological polar surface area (TPSA) is 75.3 Å². The van der Waals surface area contributed by atoms with Crippen LogP contribution in [0.2, 0.25) is 0 Å². The molecule has 0 radical (unpaired) electrons. The monoisotopic (exact) mass is 520 g/mol. The number of aliphatic hydroxyl groups excluding tert-OH is 1. The number of amides is 1. The largest absolute Gasteiger partial charge is 0.416 e. The molecule has 2 aromatic carbocycles. The van der Waals surface area contributed by atoms with Gasteiger partial charge in [-0.3, -0.25) is 4.79 Å². The Balaban J connectivity index is 0.000000207. The van der Waals surface area contributed by atoms with E-state index >= 15 is 0 Å². The summed E-state index contributed by atoms with van der Waals surface area (Å²) in [5, 5.41) is 11.6. The van der Waals surface area contributed by atoms with Crippen molar-refractivity contribution in [1.29, 1.82) is 0 Å². The molecule has 0 aromatic heterocycles. The van der Waals surface area contributed by atoms with E-state index in [1.807, 2.05) is 12.1 Å². The number of alkyl halides is 6. The van der Waals surface area contributed by atoms with Crippen LogP contribution < -0.4 is 11.1 Å². The minimum absolute atomic E-state index is 0.0131. The molecular formula is C25H27F7N2O2. The Hall–Kier alpha value is -2.66. The molecule has 1 aliphatic heterocycles. The smallest absolute Gasteiger partial charge is 0.392 e. The first-order valence-corrected chi connectivity index (χ1v) is 11.4. The third-order valence-electron chi connectivity index (χ3n) is 6.69. The van der Waals surface area contributed by atoms with Crippen LogP contribution in [0.1, 0.15) is 60.8 Å². The van der Waals surface area contributed by atoms with Crippen LogP contribution >= 0.6 is 0 Å². The quantitative estimate of drug-likeness (QED) is 0.466. The van der Waals surface area contributed by atoms with Crippen LogP contribution in [0.4, 0.5) is 30.7 Å². The first kappa shape index (κ1) is 27.9. The van der Waals surface area contributed by atoms with Crippen molar-refractivity contribution in [3.8, 4) is 0 Å². The molecule has 36 heavy (non-hydrogen) atoms. The zero-order chi connectivity index (χ0) is 26.9. The lowest BCUT2D eigenvalue weighted by Gasteiger charge is -2.26. The van der Waals surface area contributed by atoms with Gasteiger partial charge in [0.25, 0.3) is 0 Å². The second kappa shape index (κ2) is 10.4. The van der Waals surface area contributed by atoms with Gasteiger partial charge in [-0.25, -0.2) is 4.39 Å². The van der Waals surface area contributed by atoms with Crippen molar-refractivity contribution in [3.63, 3.8) is 0 Å². The van der Waals surface area contributed by atoms with E-state index in [1.165, 1.54) is 17.7 Å². The molecule has 1 saturated carbocycles. The number of halogens is 7. The SMILES string of the molecule is C[C@]1(N)C[C@H](C2CCCC2c2ccc(F)cc2)NC1=O.OCc1cc(C(F)(F)F)cc(C(F)(F)F)c1. The van der Waals surface area contributed by atoms with Gasteiger partial charge in [0.1, 0.15) is 5.82 Å². The summed E-state index contributed by atoms with van der Waals surface area (Å²) in [6, 6.07) is 7.91. The molecule has 2 aromatic rings. The normalized spacial score (nSPS) is 26.4. The molecule has 11 heteroatoms. The summed E-state index contributed by atoms with van der Waals surface area (Å²) in [5.74, 6) is 0.559. The van der Waals surface area contributed by atoms with E-state index in [-0.39, 0.29) is 23.8 Å². The van der Waals surface area contributed by atoms with Crippen LogP contribution in [-0.2, 0) is 23.8 Å². The Kier molecular flexibility index (Phi) is 8.04. The lowest BCUT2D eigenvalue weighted by molar-refractivity contribution is -0.143. The minimum Gasteiger partial charge on any atom is -0.392 e. The van der Waals surface area contributed by atoms with Crippen molar-refractivity contribution in [2.45, 2.75) is 69.1 Å². The lowest BCUT2D eigenvalue weighted by Crippen LogP contribution is -2.43. The first-order valence-electron chi connectivity index (χ1n) is 11.4. The van der Waals surface area contributed by atoms with Crippen molar-refractivity contribution in [2.24, 2.45) is 11.7 Å². The van der Waals surface area contributed by atoms with Crippen molar-refractivity contribution >= 4 is 5.91 Å². The van der Waals surface area contributed by atoms with Crippen LogP contribution in [0.25, 0.3) is 0 Å². The number of nitrogens with one attached hydrogen (secondary N) is 1. The summed E-state index contributed by atoms with van der Waals surface area (Å²) in [7, 11) is 0. The minimum atomic E-state index is -4.87. The van der Waals surface area contributed by atoms with E-state index in [2.05, 4.69) is 5.32 Å². The summed E-state index contributed by atoms with van der Waals surface area (Å²) in [5.41, 5.74) is 3.17. The number of aliphatic hydroxyl groups is 1. The Labute approximate surface area is 203 Å². The highest BCUT2D eigenvalue weighted by molar-refractivity contribution is 5.88. The van der Waals surface area contributed by atoms with Gasteiger partial charge in [-0.2, -0.15) is 26.3 Å². The van der Waals surface area contributed by atoms with Gasteiger partial charge >= 0.3 is 12.4 Å². The fourth-order valence-electron chi connectivity index (χ4n) is 4.90. The molecular weight excluding hydrogens is 493 g/mol. The Morgan fingerprint density at radius 1 is 1.00 bits per heavy atom. The number of carbonyl (C=O) groups is 1. The van der Waals surface area contributed by atoms with Crippen LogP contribution in [0.5, 0.6) is 0 Å². The maximum Gasteiger partial charge on any atom is 0.416 e. The molecule has 1 aliphatic carbocycles. The number of nitrogens with two attached hydrogens (primary N) is 1. The summed E-state index contributed by atoms with van der Waals surface area (Å²) in [4.78, 5) is 11.9. The van der Waals surface area contributed by atoms with Crippen LogP contribution in [0.3, 0.4) is 0 Å². The molecule has 2 aliphatic rings. The average Bonchev–Trinajstić information content (AvgIpc) is 3.37. The summed E-state index contributed by atoms with van der Waals surface area (Å²) >= 11 is 0. The zero-order valence-corrected chi connectivity index (χ0v) is 19.4. The molecule has 1 saturated heterocycles. The fraction of sp³-hybridized carbons (Fsp3) is 0.480. The van der Waals surface area contributed by atoms with Gasteiger partial charge in [0.05, 0.1) is 23.3 Å². The summed E-state index contributed by atoms with van der Waals surface area (Å²) in [6.45, 7) is 0.914. The second-order valence-electron chi connectivity index (χ2n) is 9.53. The fourth-order valence-corrected chi connectivity index (χ4v) is 4.90. The number of hydrogen-bond acceptors (Lipinski definition) is 3. The Morgan fingerprint density at radius 3 is 2.00 bits per heavy atom. The predicted molar refractivity (Wildman–Crippen MR) is 118 cm³/mol. The highest BCUT2D eigenvalue weighted by Crippen LogP contribution is 2.44. The molecule has 4 nitrogen and oxygen atoms in total. The number of rotatable bonds is 3. The van der Waals surface area contributed by atoms with E-state index < -0.39 is 41.2 Å². The van der Waals surface area contributed by atoms with E-state index in [9.17, 15) is 35.5 Å². The lowest BCUT2D eigenvalue weighted by atomic mass is 9.81. The van der Waals surface area contributed by atoms with Crippen LogP contribution in [0, 0.1) is 11.7 Å². The van der Waals surface area contributed by atoms with Crippen molar-refractivity contribution in [2.75, 3.05) is 0 Å². The highest BCUT2D eigenvalue weighted by atomic mass is 19.4. The maximum atomic E-state index is 13.1. The third kappa shape index (κ3) is 6.56. The Bertz CT molecular complexity index is 1030. The van der Waals surface area contributed by atoms with Gasteiger partial charge in [0.15, 0.2) is 0 Å². The maximum absolute atomic E-state index is 13.1. The Morgan fingerprint density at radius 2 is 1.56 bits per heavy atom. The van der Waals surface area contributed by atoms with Gasteiger partial charge in [-0.05, 0) is 79.5 Å². The van der Waals surface area contributed by atoms with Crippen molar-refractivity contribution in [3.05, 3.63) is 70.5 Å².